The van der Waals surface area contributed by atoms with E-state index >= 15 is 0 Å². The Kier molecular flexibility index (Phi) is 6.69. The Morgan fingerprint density at radius 2 is 2.31 bits per heavy atom. The monoisotopic (exact) mass is 241 g/mol. The van der Waals surface area contributed by atoms with Crippen LogP contribution < -0.4 is 5.32 Å². The first-order chi connectivity index (χ1) is 7.77. The molecule has 16 heavy (non-hydrogen) atoms. The maximum Gasteiger partial charge on any atom is 0.0488 e. The lowest BCUT2D eigenvalue weighted by Gasteiger charge is -2.21. The standard InChI is InChI=1S/C13H23NOS/c1-4-6-14-13(8-11(2)9-15-3)12-5-7-16-10-12/h5,7,10-11,13-14H,4,6,8-9H2,1-3H3. The molecule has 1 aromatic heterocycles. The molecule has 2 unspecified atom stereocenters. The smallest absolute Gasteiger partial charge is 0.0488 e. The van der Waals surface area contributed by atoms with Gasteiger partial charge in [-0.2, -0.15) is 11.3 Å². The second-order valence-electron chi connectivity index (χ2n) is 4.36. The van der Waals surface area contributed by atoms with Crippen molar-refractivity contribution in [2.75, 3.05) is 20.3 Å². The van der Waals surface area contributed by atoms with Crippen LogP contribution >= 0.6 is 11.3 Å². The minimum atomic E-state index is 0.483. The Hall–Kier alpha value is -0.380. The van der Waals surface area contributed by atoms with Gasteiger partial charge in [-0.25, -0.2) is 0 Å². The summed E-state index contributed by atoms with van der Waals surface area (Å²) < 4.78 is 5.20. The normalized spacial score (nSPS) is 14.9. The highest BCUT2D eigenvalue weighted by atomic mass is 32.1. The second-order valence-corrected chi connectivity index (χ2v) is 5.14. The van der Waals surface area contributed by atoms with Crippen LogP contribution in [-0.2, 0) is 4.74 Å². The van der Waals surface area contributed by atoms with Crippen LogP contribution in [0.5, 0.6) is 0 Å². The van der Waals surface area contributed by atoms with E-state index in [-0.39, 0.29) is 0 Å². The lowest BCUT2D eigenvalue weighted by Crippen LogP contribution is -2.24. The molecule has 0 aliphatic heterocycles. The molecular formula is C13H23NOS. The van der Waals surface area contributed by atoms with Gasteiger partial charge in [0.1, 0.15) is 0 Å². The summed E-state index contributed by atoms with van der Waals surface area (Å²) in [7, 11) is 1.77. The molecular weight excluding hydrogens is 218 g/mol. The zero-order chi connectivity index (χ0) is 11.8. The summed E-state index contributed by atoms with van der Waals surface area (Å²) in [6, 6.07) is 2.70. The fraction of sp³-hybridized carbons (Fsp3) is 0.692. The maximum absolute atomic E-state index is 5.20. The molecule has 1 heterocycles. The van der Waals surface area contributed by atoms with Crippen LogP contribution in [0.2, 0.25) is 0 Å². The number of hydrogen-bond donors (Lipinski definition) is 1. The first-order valence-corrected chi connectivity index (χ1v) is 6.96. The molecule has 0 aliphatic rings. The first kappa shape index (κ1) is 13.7. The minimum absolute atomic E-state index is 0.483. The predicted molar refractivity (Wildman–Crippen MR) is 71.0 cm³/mol. The van der Waals surface area contributed by atoms with E-state index in [2.05, 4.69) is 36.0 Å². The molecule has 0 spiro atoms. The molecule has 0 saturated carbocycles. The molecule has 1 aromatic rings. The third kappa shape index (κ3) is 4.64. The van der Waals surface area contributed by atoms with E-state index < -0.39 is 0 Å². The van der Waals surface area contributed by atoms with E-state index in [1.165, 1.54) is 12.0 Å². The highest BCUT2D eigenvalue weighted by molar-refractivity contribution is 7.07. The van der Waals surface area contributed by atoms with Crippen LogP contribution in [0.1, 0.15) is 38.3 Å². The molecule has 0 fully saturated rings. The minimum Gasteiger partial charge on any atom is -0.384 e. The topological polar surface area (TPSA) is 21.3 Å². The molecule has 0 aromatic carbocycles. The lowest BCUT2D eigenvalue weighted by atomic mass is 9.98. The van der Waals surface area contributed by atoms with Gasteiger partial charge in [0, 0.05) is 19.8 Å². The fourth-order valence-corrected chi connectivity index (χ4v) is 2.60. The van der Waals surface area contributed by atoms with Gasteiger partial charge in [-0.3, -0.25) is 0 Å². The van der Waals surface area contributed by atoms with Gasteiger partial charge in [0.25, 0.3) is 0 Å². The Morgan fingerprint density at radius 1 is 1.50 bits per heavy atom. The highest BCUT2D eigenvalue weighted by Crippen LogP contribution is 2.23. The van der Waals surface area contributed by atoms with Gasteiger partial charge in [-0.15, -0.1) is 0 Å². The summed E-state index contributed by atoms with van der Waals surface area (Å²) in [5, 5.41) is 8.00. The zero-order valence-electron chi connectivity index (χ0n) is 10.5. The number of methoxy groups -OCH3 is 1. The summed E-state index contributed by atoms with van der Waals surface area (Å²) in [5.41, 5.74) is 1.42. The number of rotatable bonds is 8. The second kappa shape index (κ2) is 7.82. The van der Waals surface area contributed by atoms with E-state index in [4.69, 9.17) is 4.74 Å². The third-order valence-corrected chi connectivity index (χ3v) is 3.38. The Balaban J connectivity index is 2.50. The van der Waals surface area contributed by atoms with Crippen molar-refractivity contribution in [3.05, 3.63) is 22.4 Å². The van der Waals surface area contributed by atoms with Crippen molar-refractivity contribution in [3.63, 3.8) is 0 Å². The predicted octanol–water partition coefficient (Wildman–Crippen LogP) is 3.46. The average molecular weight is 241 g/mol. The summed E-state index contributed by atoms with van der Waals surface area (Å²) >= 11 is 1.77. The van der Waals surface area contributed by atoms with Crippen molar-refractivity contribution in [2.45, 2.75) is 32.7 Å². The van der Waals surface area contributed by atoms with Gasteiger partial charge in [0.15, 0.2) is 0 Å². The van der Waals surface area contributed by atoms with E-state index in [0.29, 0.717) is 12.0 Å². The summed E-state index contributed by atoms with van der Waals surface area (Å²) in [5.74, 6) is 0.597. The Bertz CT molecular complexity index is 261. The van der Waals surface area contributed by atoms with E-state index in [9.17, 15) is 0 Å². The molecule has 2 atom stereocenters. The molecule has 0 amide bonds. The van der Waals surface area contributed by atoms with Crippen LogP contribution in [0.15, 0.2) is 16.8 Å². The van der Waals surface area contributed by atoms with Crippen LogP contribution in [0.4, 0.5) is 0 Å². The van der Waals surface area contributed by atoms with E-state index in [1.54, 1.807) is 18.4 Å². The highest BCUT2D eigenvalue weighted by Gasteiger charge is 2.14. The molecule has 92 valence electrons. The van der Waals surface area contributed by atoms with Crippen molar-refractivity contribution in [3.8, 4) is 0 Å². The van der Waals surface area contributed by atoms with E-state index in [1.807, 2.05) is 0 Å². The molecule has 0 aliphatic carbocycles. The maximum atomic E-state index is 5.20. The van der Waals surface area contributed by atoms with Gasteiger partial charge in [-0.05, 0) is 47.7 Å². The van der Waals surface area contributed by atoms with Crippen molar-refractivity contribution in [1.82, 2.24) is 5.32 Å². The number of nitrogens with one attached hydrogen (secondary N) is 1. The van der Waals surface area contributed by atoms with Crippen LogP contribution in [0.25, 0.3) is 0 Å². The largest absolute Gasteiger partial charge is 0.384 e. The van der Waals surface area contributed by atoms with Gasteiger partial charge >= 0.3 is 0 Å². The lowest BCUT2D eigenvalue weighted by molar-refractivity contribution is 0.149. The number of ether oxygens (including phenoxy) is 1. The van der Waals surface area contributed by atoms with Gasteiger partial charge in [0.2, 0.25) is 0 Å². The molecule has 2 nitrogen and oxygen atoms in total. The molecule has 0 bridgehead atoms. The van der Waals surface area contributed by atoms with Gasteiger partial charge in [-0.1, -0.05) is 13.8 Å². The summed E-state index contributed by atoms with van der Waals surface area (Å²) in [6.07, 6.45) is 2.32. The van der Waals surface area contributed by atoms with Crippen molar-refractivity contribution in [2.24, 2.45) is 5.92 Å². The Morgan fingerprint density at radius 3 is 2.88 bits per heavy atom. The van der Waals surface area contributed by atoms with Crippen molar-refractivity contribution < 1.29 is 4.74 Å². The molecule has 0 saturated heterocycles. The van der Waals surface area contributed by atoms with Crippen molar-refractivity contribution in [1.29, 1.82) is 0 Å². The molecule has 1 rings (SSSR count). The number of hydrogen-bond acceptors (Lipinski definition) is 3. The molecule has 1 N–H and O–H groups in total. The summed E-state index contributed by atoms with van der Waals surface area (Å²) in [6.45, 7) is 6.38. The summed E-state index contributed by atoms with van der Waals surface area (Å²) in [4.78, 5) is 0. The fourth-order valence-electron chi connectivity index (χ4n) is 1.88. The van der Waals surface area contributed by atoms with E-state index in [0.717, 1.165) is 19.6 Å². The number of thiophene rings is 1. The van der Waals surface area contributed by atoms with Crippen LogP contribution in [0, 0.1) is 5.92 Å². The zero-order valence-corrected chi connectivity index (χ0v) is 11.3. The van der Waals surface area contributed by atoms with Crippen LogP contribution in [-0.4, -0.2) is 20.3 Å². The molecule has 0 radical (unpaired) electrons. The first-order valence-electron chi connectivity index (χ1n) is 6.02. The third-order valence-electron chi connectivity index (χ3n) is 2.68. The Labute approximate surface area is 103 Å². The molecule has 3 heteroatoms. The van der Waals surface area contributed by atoms with Crippen LogP contribution in [0.3, 0.4) is 0 Å². The van der Waals surface area contributed by atoms with Gasteiger partial charge < -0.3 is 10.1 Å². The quantitative estimate of drug-likeness (QED) is 0.752. The SMILES string of the molecule is CCCNC(CC(C)COC)c1ccsc1. The van der Waals surface area contributed by atoms with Gasteiger partial charge in [0.05, 0.1) is 0 Å². The average Bonchev–Trinajstić information content (AvgIpc) is 2.77. The van der Waals surface area contributed by atoms with Crippen molar-refractivity contribution >= 4 is 11.3 Å².